The number of aromatic nitrogens is 4. The highest BCUT2D eigenvalue weighted by atomic mass is 19.1. The molecule has 0 aliphatic carbocycles. The summed E-state index contributed by atoms with van der Waals surface area (Å²) in [5.74, 6) is -0.0397. The SMILES string of the molecule is C=CC(=O)N1CCC(n2cnc3cnc(Nc4ccc(N5CCN(CCO)CC5)c(F)c4)nc32)C1. The Morgan fingerprint density at radius 3 is 2.80 bits per heavy atom. The number of imidazole rings is 1. The lowest BCUT2D eigenvalue weighted by Crippen LogP contribution is -2.47. The van der Waals surface area contributed by atoms with E-state index in [9.17, 15) is 9.18 Å². The Bertz CT molecular complexity index is 1220. The number of nitrogens with one attached hydrogen (secondary N) is 1. The molecule has 3 aromatic rings. The molecule has 4 heterocycles. The minimum absolute atomic E-state index is 0.0706. The van der Waals surface area contributed by atoms with Crippen molar-refractivity contribution in [3.63, 3.8) is 0 Å². The number of piperazine rings is 1. The summed E-state index contributed by atoms with van der Waals surface area (Å²) in [6, 6.07) is 5.11. The predicted molar refractivity (Wildman–Crippen MR) is 131 cm³/mol. The molecule has 1 amide bonds. The van der Waals surface area contributed by atoms with E-state index < -0.39 is 0 Å². The second-order valence-corrected chi connectivity index (χ2v) is 8.83. The lowest BCUT2D eigenvalue weighted by molar-refractivity contribution is -0.125. The van der Waals surface area contributed by atoms with Crippen molar-refractivity contribution < 1.29 is 14.3 Å². The monoisotopic (exact) mass is 480 g/mol. The quantitative estimate of drug-likeness (QED) is 0.494. The van der Waals surface area contributed by atoms with E-state index in [0.29, 0.717) is 61.2 Å². The fourth-order valence-electron chi connectivity index (χ4n) is 4.78. The third-order valence-electron chi connectivity index (χ3n) is 6.69. The number of carbonyl (C=O) groups excluding carboxylic acids is 1. The van der Waals surface area contributed by atoms with Gasteiger partial charge in [-0.3, -0.25) is 9.69 Å². The molecule has 0 saturated carbocycles. The van der Waals surface area contributed by atoms with E-state index >= 15 is 0 Å². The van der Waals surface area contributed by atoms with Crippen molar-refractivity contribution in [2.45, 2.75) is 12.5 Å². The molecule has 5 rings (SSSR count). The number of anilines is 3. The number of carbonyl (C=O) groups is 1. The zero-order valence-electron chi connectivity index (χ0n) is 19.5. The van der Waals surface area contributed by atoms with Crippen LogP contribution in [-0.2, 0) is 4.79 Å². The zero-order chi connectivity index (χ0) is 24.4. The van der Waals surface area contributed by atoms with E-state index in [1.165, 1.54) is 12.1 Å². The maximum atomic E-state index is 15.0. The van der Waals surface area contributed by atoms with Crippen LogP contribution in [0.1, 0.15) is 12.5 Å². The average molecular weight is 481 g/mol. The van der Waals surface area contributed by atoms with Crippen molar-refractivity contribution in [1.29, 1.82) is 0 Å². The molecule has 10 nitrogen and oxygen atoms in total. The number of hydrogen-bond acceptors (Lipinski definition) is 8. The Labute approximate surface area is 202 Å². The van der Waals surface area contributed by atoms with Crippen LogP contribution in [0.4, 0.5) is 21.7 Å². The van der Waals surface area contributed by atoms with Crippen LogP contribution in [0, 0.1) is 5.82 Å². The van der Waals surface area contributed by atoms with E-state index in [2.05, 4.69) is 31.7 Å². The molecule has 1 unspecified atom stereocenters. The van der Waals surface area contributed by atoms with Gasteiger partial charge in [-0.2, -0.15) is 4.98 Å². The first-order valence-corrected chi connectivity index (χ1v) is 11.8. The van der Waals surface area contributed by atoms with E-state index in [1.54, 1.807) is 23.5 Å². The number of hydrogen-bond donors (Lipinski definition) is 2. The zero-order valence-corrected chi connectivity index (χ0v) is 19.5. The van der Waals surface area contributed by atoms with Gasteiger partial charge in [0.25, 0.3) is 0 Å². The van der Waals surface area contributed by atoms with Gasteiger partial charge < -0.3 is 24.8 Å². The van der Waals surface area contributed by atoms with Crippen LogP contribution >= 0.6 is 0 Å². The van der Waals surface area contributed by atoms with E-state index in [1.807, 2.05) is 15.5 Å². The second-order valence-electron chi connectivity index (χ2n) is 8.83. The average Bonchev–Trinajstić information content (AvgIpc) is 3.52. The highest BCUT2D eigenvalue weighted by Gasteiger charge is 2.27. The summed E-state index contributed by atoms with van der Waals surface area (Å²) in [5, 5.41) is 12.2. The van der Waals surface area contributed by atoms with Crippen molar-refractivity contribution in [1.82, 2.24) is 29.3 Å². The van der Waals surface area contributed by atoms with E-state index in [0.717, 1.165) is 19.5 Å². The third-order valence-corrected chi connectivity index (χ3v) is 6.69. The van der Waals surface area contributed by atoms with Crippen LogP contribution in [0.15, 0.2) is 43.4 Å². The van der Waals surface area contributed by atoms with Gasteiger partial charge in [0.1, 0.15) is 11.3 Å². The van der Waals surface area contributed by atoms with Crippen molar-refractivity contribution >= 4 is 34.4 Å². The van der Waals surface area contributed by atoms with Gasteiger partial charge >= 0.3 is 0 Å². The van der Waals surface area contributed by atoms with Crippen LogP contribution < -0.4 is 10.2 Å². The fourth-order valence-corrected chi connectivity index (χ4v) is 4.78. The Balaban J connectivity index is 1.29. The second kappa shape index (κ2) is 9.96. The first kappa shape index (κ1) is 23.2. The molecule has 0 bridgehead atoms. The Kier molecular flexibility index (Phi) is 6.60. The molecule has 2 fully saturated rings. The van der Waals surface area contributed by atoms with Gasteiger partial charge in [0.15, 0.2) is 5.65 Å². The number of likely N-dealkylation sites (tertiary alicyclic amines) is 1. The molecule has 1 atom stereocenters. The molecule has 2 N–H and O–H groups in total. The summed E-state index contributed by atoms with van der Waals surface area (Å²) in [6.07, 6.45) is 5.50. The number of fused-ring (bicyclic) bond motifs is 1. The molecular weight excluding hydrogens is 451 g/mol. The molecule has 184 valence electrons. The number of amides is 1. The molecular formula is C24H29FN8O2. The van der Waals surface area contributed by atoms with Crippen molar-refractivity contribution in [2.24, 2.45) is 0 Å². The van der Waals surface area contributed by atoms with E-state index in [4.69, 9.17) is 5.11 Å². The smallest absolute Gasteiger partial charge is 0.246 e. The number of benzene rings is 1. The van der Waals surface area contributed by atoms with Gasteiger partial charge in [-0.05, 0) is 30.7 Å². The minimum Gasteiger partial charge on any atom is -0.395 e. The predicted octanol–water partition coefficient (Wildman–Crippen LogP) is 1.78. The highest BCUT2D eigenvalue weighted by Crippen LogP contribution is 2.28. The Morgan fingerprint density at radius 1 is 1.23 bits per heavy atom. The lowest BCUT2D eigenvalue weighted by atomic mass is 10.2. The summed E-state index contributed by atoms with van der Waals surface area (Å²) in [5.41, 5.74) is 2.44. The van der Waals surface area contributed by atoms with Gasteiger partial charge in [0.05, 0.1) is 30.9 Å². The molecule has 2 saturated heterocycles. The summed E-state index contributed by atoms with van der Waals surface area (Å²) in [7, 11) is 0. The molecule has 11 heteroatoms. The number of aliphatic hydroxyl groups is 1. The molecule has 1 aromatic carbocycles. The van der Waals surface area contributed by atoms with Crippen molar-refractivity contribution in [3.05, 3.63) is 49.2 Å². The third kappa shape index (κ3) is 4.82. The summed E-state index contributed by atoms with van der Waals surface area (Å²) < 4.78 is 16.9. The van der Waals surface area contributed by atoms with E-state index in [-0.39, 0.29) is 24.4 Å². The Hall–Kier alpha value is -3.57. The Morgan fingerprint density at radius 2 is 2.06 bits per heavy atom. The highest BCUT2D eigenvalue weighted by molar-refractivity contribution is 5.87. The van der Waals surface area contributed by atoms with Gasteiger partial charge in [0, 0.05) is 51.5 Å². The number of nitrogens with zero attached hydrogens (tertiary/aromatic N) is 7. The summed E-state index contributed by atoms with van der Waals surface area (Å²) in [4.78, 5) is 31.3. The molecule has 2 aromatic heterocycles. The molecule has 2 aliphatic rings. The number of rotatable bonds is 7. The summed E-state index contributed by atoms with van der Waals surface area (Å²) in [6.45, 7) is 8.59. The van der Waals surface area contributed by atoms with Gasteiger partial charge in [-0.25, -0.2) is 14.4 Å². The first-order chi connectivity index (χ1) is 17.1. The molecule has 35 heavy (non-hydrogen) atoms. The fraction of sp³-hybridized carbons (Fsp3) is 0.417. The van der Waals surface area contributed by atoms with Crippen LogP contribution in [0.2, 0.25) is 0 Å². The number of halogens is 1. The van der Waals surface area contributed by atoms with Crippen LogP contribution in [0.5, 0.6) is 0 Å². The normalized spacial score (nSPS) is 18.9. The molecule has 2 aliphatic heterocycles. The van der Waals surface area contributed by atoms with Gasteiger partial charge in [0.2, 0.25) is 11.9 Å². The maximum absolute atomic E-state index is 15.0. The minimum atomic E-state index is -0.310. The standard InChI is InChI=1S/C24H29FN8O2/c1-2-22(35)32-6-5-18(15-32)33-16-27-20-14-26-24(29-23(20)33)28-17-3-4-21(19(25)13-17)31-9-7-30(8-10-31)11-12-34/h2-4,13-14,16,18,34H,1,5-12,15H2,(H,26,28,29). The maximum Gasteiger partial charge on any atom is 0.246 e. The lowest BCUT2D eigenvalue weighted by Gasteiger charge is -2.36. The summed E-state index contributed by atoms with van der Waals surface area (Å²) >= 11 is 0. The molecule has 0 spiro atoms. The van der Waals surface area contributed by atoms with Gasteiger partial charge in [-0.15, -0.1) is 0 Å². The first-order valence-electron chi connectivity index (χ1n) is 11.8. The number of aliphatic hydroxyl groups excluding tert-OH is 1. The molecule has 0 radical (unpaired) electrons. The topological polar surface area (TPSA) is 103 Å². The van der Waals surface area contributed by atoms with Crippen LogP contribution in [-0.4, -0.2) is 92.8 Å². The number of β-amino-alcohol motifs (C(OH)–C–C–N with tert-alkyl or cyclic N) is 1. The van der Waals surface area contributed by atoms with Crippen molar-refractivity contribution in [3.8, 4) is 0 Å². The largest absolute Gasteiger partial charge is 0.395 e. The van der Waals surface area contributed by atoms with Gasteiger partial charge in [-0.1, -0.05) is 6.58 Å². The van der Waals surface area contributed by atoms with Crippen LogP contribution in [0.25, 0.3) is 11.2 Å². The van der Waals surface area contributed by atoms with Crippen molar-refractivity contribution in [2.75, 3.05) is 62.6 Å². The van der Waals surface area contributed by atoms with Crippen LogP contribution in [0.3, 0.4) is 0 Å².